The number of thiazole rings is 1. The topological polar surface area (TPSA) is 103 Å². The van der Waals surface area contributed by atoms with E-state index in [4.69, 9.17) is 11.5 Å². The van der Waals surface area contributed by atoms with Crippen molar-refractivity contribution in [1.29, 1.82) is 0 Å². The summed E-state index contributed by atoms with van der Waals surface area (Å²) in [6, 6.07) is 2.31. The van der Waals surface area contributed by atoms with Gasteiger partial charge in [-0.15, -0.1) is 36.2 Å². The SMILES string of the molecule is Cc1ncsc1CCCNc1cc(C2CC(N)C2)nc(N)n1.Cl.Cl. The Kier molecular flexibility index (Phi) is 8.15. The van der Waals surface area contributed by atoms with Crippen molar-refractivity contribution in [1.82, 2.24) is 15.0 Å². The van der Waals surface area contributed by atoms with E-state index in [-0.39, 0.29) is 24.8 Å². The molecule has 1 aliphatic rings. The fourth-order valence-electron chi connectivity index (χ4n) is 2.72. The Morgan fingerprint density at radius 2 is 2.04 bits per heavy atom. The molecule has 0 amide bonds. The summed E-state index contributed by atoms with van der Waals surface area (Å²) in [5, 5.41) is 3.34. The molecule has 0 aromatic carbocycles. The van der Waals surface area contributed by atoms with E-state index in [1.165, 1.54) is 4.88 Å². The van der Waals surface area contributed by atoms with Crippen LogP contribution in [0.1, 0.15) is 41.4 Å². The van der Waals surface area contributed by atoms with Crippen LogP contribution in [0, 0.1) is 6.92 Å². The molecule has 2 aromatic rings. The molecule has 0 bridgehead atoms. The highest BCUT2D eigenvalue weighted by atomic mass is 35.5. The third-order valence-electron chi connectivity index (χ3n) is 4.09. The van der Waals surface area contributed by atoms with Gasteiger partial charge in [0.2, 0.25) is 5.95 Å². The van der Waals surface area contributed by atoms with Crippen molar-refractivity contribution in [3.05, 3.63) is 27.8 Å². The first-order valence-corrected chi connectivity index (χ1v) is 8.52. The molecule has 5 N–H and O–H groups in total. The minimum atomic E-state index is 0. The zero-order valence-corrected chi connectivity index (χ0v) is 16.0. The summed E-state index contributed by atoms with van der Waals surface area (Å²) in [5.41, 5.74) is 15.7. The maximum Gasteiger partial charge on any atom is 0.222 e. The number of hydrogen-bond acceptors (Lipinski definition) is 7. The standard InChI is InChI=1S/C15H22N6S.2ClH/c1-9-13(22-8-19-9)3-2-4-18-14-7-12(20-15(17)21-14)10-5-11(16)6-10;;/h7-8,10-11H,2-6,16H2,1H3,(H3,17,18,20,21);2*1H. The second-order valence-corrected chi connectivity index (χ2v) is 6.80. The molecular formula is C15H24Cl2N6S. The average molecular weight is 391 g/mol. The molecule has 9 heteroatoms. The minimum absolute atomic E-state index is 0. The number of nitrogens with two attached hydrogens (primary N) is 2. The summed E-state index contributed by atoms with van der Waals surface area (Å²) in [6.45, 7) is 2.91. The van der Waals surface area contributed by atoms with E-state index in [0.29, 0.717) is 17.9 Å². The molecule has 6 nitrogen and oxygen atoms in total. The number of aromatic nitrogens is 3. The summed E-state index contributed by atoms with van der Waals surface area (Å²) >= 11 is 1.72. The third-order valence-corrected chi connectivity index (χ3v) is 5.08. The van der Waals surface area contributed by atoms with E-state index in [9.17, 15) is 0 Å². The quantitative estimate of drug-likeness (QED) is 0.655. The Balaban J connectivity index is 0.00000144. The number of aryl methyl sites for hydroxylation is 2. The van der Waals surface area contributed by atoms with E-state index in [2.05, 4.69) is 27.2 Å². The van der Waals surface area contributed by atoms with Gasteiger partial charge in [-0.25, -0.2) is 9.97 Å². The lowest BCUT2D eigenvalue weighted by atomic mass is 9.78. The van der Waals surface area contributed by atoms with Crippen molar-refractivity contribution in [3.8, 4) is 0 Å². The third kappa shape index (κ3) is 5.17. The molecule has 3 rings (SSSR count). The molecule has 2 heterocycles. The molecule has 24 heavy (non-hydrogen) atoms. The lowest BCUT2D eigenvalue weighted by Gasteiger charge is -2.32. The van der Waals surface area contributed by atoms with Crippen LogP contribution in [-0.2, 0) is 6.42 Å². The van der Waals surface area contributed by atoms with Crippen LogP contribution in [0.4, 0.5) is 11.8 Å². The number of rotatable bonds is 6. The molecule has 1 fully saturated rings. The van der Waals surface area contributed by atoms with Crippen molar-refractivity contribution in [3.63, 3.8) is 0 Å². The van der Waals surface area contributed by atoms with Gasteiger partial charge in [-0.3, -0.25) is 0 Å². The first-order chi connectivity index (χ1) is 10.6. The number of nitrogens with zero attached hydrogens (tertiary/aromatic N) is 3. The summed E-state index contributed by atoms with van der Waals surface area (Å²) in [7, 11) is 0. The summed E-state index contributed by atoms with van der Waals surface area (Å²) in [6.07, 6.45) is 4.05. The van der Waals surface area contributed by atoms with Crippen LogP contribution < -0.4 is 16.8 Å². The Labute approximate surface area is 158 Å². The molecule has 0 atom stereocenters. The van der Waals surface area contributed by atoms with Gasteiger partial charge in [0, 0.05) is 29.4 Å². The van der Waals surface area contributed by atoms with Crippen LogP contribution >= 0.6 is 36.2 Å². The predicted octanol–water partition coefficient (Wildman–Crippen LogP) is 2.92. The minimum Gasteiger partial charge on any atom is -0.370 e. The fraction of sp³-hybridized carbons (Fsp3) is 0.533. The molecule has 0 radical (unpaired) electrons. The zero-order chi connectivity index (χ0) is 15.5. The highest BCUT2D eigenvalue weighted by molar-refractivity contribution is 7.09. The van der Waals surface area contributed by atoms with E-state index in [0.717, 1.165) is 49.4 Å². The van der Waals surface area contributed by atoms with Gasteiger partial charge in [0.1, 0.15) is 5.82 Å². The van der Waals surface area contributed by atoms with Crippen molar-refractivity contribution in [2.45, 2.75) is 44.6 Å². The average Bonchev–Trinajstić information content (AvgIpc) is 2.85. The number of hydrogen-bond donors (Lipinski definition) is 3. The van der Waals surface area contributed by atoms with Gasteiger partial charge < -0.3 is 16.8 Å². The number of anilines is 2. The zero-order valence-electron chi connectivity index (χ0n) is 13.6. The van der Waals surface area contributed by atoms with Crippen molar-refractivity contribution >= 4 is 47.9 Å². The predicted molar refractivity (Wildman–Crippen MR) is 105 cm³/mol. The Bertz CT molecular complexity index is 645. The van der Waals surface area contributed by atoms with Crippen molar-refractivity contribution in [2.75, 3.05) is 17.6 Å². The second kappa shape index (κ2) is 9.36. The largest absolute Gasteiger partial charge is 0.370 e. The molecule has 0 spiro atoms. The van der Waals surface area contributed by atoms with Gasteiger partial charge in [-0.2, -0.15) is 4.98 Å². The first-order valence-electron chi connectivity index (χ1n) is 7.64. The summed E-state index contributed by atoms with van der Waals surface area (Å²) in [4.78, 5) is 14.2. The van der Waals surface area contributed by atoms with Gasteiger partial charge in [0.25, 0.3) is 0 Å². The van der Waals surface area contributed by atoms with Gasteiger partial charge in [0.05, 0.1) is 16.9 Å². The van der Waals surface area contributed by atoms with Crippen LogP contribution in [0.5, 0.6) is 0 Å². The number of nitrogens with one attached hydrogen (secondary N) is 1. The van der Waals surface area contributed by atoms with Gasteiger partial charge in [-0.1, -0.05) is 0 Å². The Morgan fingerprint density at radius 3 is 2.67 bits per heavy atom. The lowest BCUT2D eigenvalue weighted by Crippen LogP contribution is -2.35. The van der Waals surface area contributed by atoms with Crippen LogP contribution in [0.2, 0.25) is 0 Å². The smallest absolute Gasteiger partial charge is 0.222 e. The Morgan fingerprint density at radius 1 is 1.29 bits per heavy atom. The molecule has 1 aliphatic carbocycles. The van der Waals surface area contributed by atoms with Crippen LogP contribution in [-0.4, -0.2) is 27.5 Å². The van der Waals surface area contributed by atoms with Crippen LogP contribution in [0.3, 0.4) is 0 Å². The van der Waals surface area contributed by atoms with E-state index in [1.54, 1.807) is 11.3 Å². The van der Waals surface area contributed by atoms with E-state index >= 15 is 0 Å². The van der Waals surface area contributed by atoms with E-state index in [1.807, 2.05) is 11.6 Å². The number of nitrogen functional groups attached to an aromatic ring is 1. The van der Waals surface area contributed by atoms with Gasteiger partial charge in [0.15, 0.2) is 0 Å². The monoisotopic (exact) mass is 390 g/mol. The maximum absolute atomic E-state index is 5.84. The van der Waals surface area contributed by atoms with Crippen LogP contribution in [0.25, 0.3) is 0 Å². The molecular weight excluding hydrogens is 367 g/mol. The molecule has 134 valence electrons. The summed E-state index contributed by atoms with van der Waals surface area (Å²) in [5.74, 6) is 1.57. The maximum atomic E-state index is 5.84. The molecule has 0 saturated heterocycles. The highest BCUT2D eigenvalue weighted by Gasteiger charge is 2.29. The second-order valence-electron chi connectivity index (χ2n) is 5.86. The molecule has 1 saturated carbocycles. The molecule has 0 aliphatic heterocycles. The molecule has 2 aromatic heterocycles. The Hall–Kier alpha value is -1.15. The highest BCUT2D eigenvalue weighted by Crippen LogP contribution is 2.35. The summed E-state index contributed by atoms with van der Waals surface area (Å²) < 4.78 is 0. The first kappa shape index (κ1) is 20.9. The van der Waals surface area contributed by atoms with E-state index < -0.39 is 0 Å². The lowest BCUT2D eigenvalue weighted by molar-refractivity contribution is 0.345. The fourth-order valence-corrected chi connectivity index (χ4v) is 3.54. The van der Waals surface area contributed by atoms with Crippen molar-refractivity contribution in [2.24, 2.45) is 5.73 Å². The normalized spacial score (nSPS) is 18.9. The van der Waals surface area contributed by atoms with Gasteiger partial charge in [-0.05, 0) is 32.6 Å². The van der Waals surface area contributed by atoms with Crippen LogP contribution in [0.15, 0.2) is 11.6 Å². The number of halogens is 2. The van der Waals surface area contributed by atoms with Gasteiger partial charge >= 0.3 is 0 Å². The molecule has 0 unspecified atom stereocenters. The van der Waals surface area contributed by atoms with Crippen molar-refractivity contribution < 1.29 is 0 Å².